The first-order valence-corrected chi connectivity index (χ1v) is 20.4. The molecular weight excluding hydrogens is 700 g/mol. The number of rotatable bonds is 10. The van der Waals surface area contributed by atoms with Crippen LogP contribution in [0, 0.1) is 31.9 Å². The fraction of sp³-hybridized carbons (Fsp3) is 0.700. The molecule has 0 spiro atoms. The summed E-state index contributed by atoms with van der Waals surface area (Å²) in [5, 5.41) is 0. The molecule has 0 amide bonds. The quantitative estimate of drug-likeness (QED) is 0.368. The zero-order valence-electron chi connectivity index (χ0n) is 32.3. The Morgan fingerprint density at radius 1 is 0.623 bits per heavy atom. The highest BCUT2D eigenvalue weighted by Gasteiger charge is 2.85. The Morgan fingerprint density at radius 3 is 1.25 bits per heavy atom. The van der Waals surface area contributed by atoms with E-state index in [0.717, 1.165) is 90.3 Å². The average molecular weight is 759 g/mol. The summed E-state index contributed by atoms with van der Waals surface area (Å²) < 4.78 is 55.7. The number of ether oxygens (including phenoxy) is 4. The molecule has 53 heavy (non-hydrogen) atoms. The maximum atomic E-state index is 8.60. The molecule has 0 aromatic heterocycles. The van der Waals surface area contributed by atoms with Gasteiger partial charge in [0.2, 0.25) is 0 Å². The number of hydrogen-bond donors (Lipinski definition) is 1. The molecule has 8 rings (SSSR count). The second-order valence-corrected chi connectivity index (χ2v) is 17.9. The van der Waals surface area contributed by atoms with Crippen molar-refractivity contribution in [3.8, 4) is 11.5 Å². The molecule has 2 aliphatic carbocycles. The summed E-state index contributed by atoms with van der Waals surface area (Å²) in [5.74, 6) is 1.87. The first-order chi connectivity index (χ1) is 25.2. The first kappa shape index (κ1) is 39.2. The lowest BCUT2D eigenvalue weighted by Gasteiger charge is -2.69. The molecule has 0 radical (unpaired) electrons. The van der Waals surface area contributed by atoms with Crippen LogP contribution in [0.2, 0.25) is 0 Å². The minimum atomic E-state index is -4.69. The molecule has 4 saturated heterocycles. The molecule has 4 bridgehead atoms. The van der Waals surface area contributed by atoms with Gasteiger partial charge in [-0.2, -0.15) is 14.0 Å². The van der Waals surface area contributed by atoms with Crippen molar-refractivity contribution in [1.82, 2.24) is 19.6 Å². The van der Waals surface area contributed by atoms with Gasteiger partial charge in [-0.25, -0.2) is 0 Å². The van der Waals surface area contributed by atoms with Crippen LogP contribution in [-0.4, -0.2) is 128 Å². The highest BCUT2D eigenvalue weighted by molar-refractivity contribution is 5.39. The largest absolute Gasteiger partial charge is 0.497 e. The molecule has 6 fully saturated rings. The fourth-order valence-electron chi connectivity index (χ4n) is 12.4. The Balaban J connectivity index is 0.000000817. The maximum Gasteiger partial charge on any atom is 0.118 e. The molecule has 12 nitrogen and oxygen atoms in total. The van der Waals surface area contributed by atoms with Crippen LogP contribution in [0.25, 0.3) is 0 Å². The van der Waals surface area contributed by atoms with Crippen LogP contribution in [0.5, 0.6) is 11.5 Å². The monoisotopic (exact) mass is 758 g/mol. The molecule has 4 heterocycles. The summed E-state index contributed by atoms with van der Waals surface area (Å²) in [4.78, 5) is 11.6. The molecule has 6 aliphatic rings. The number of likely N-dealkylation sites (tertiary alicyclic amines) is 2. The predicted octanol–water partition coefficient (Wildman–Crippen LogP) is 0.883. The molecule has 6 atom stereocenters. The second kappa shape index (κ2) is 14.8. The van der Waals surface area contributed by atoms with Crippen LogP contribution in [0.3, 0.4) is 0 Å². The molecule has 0 unspecified atom stereocenters. The third kappa shape index (κ3) is 6.69. The van der Waals surface area contributed by atoms with E-state index in [4.69, 9.17) is 37.6 Å². The van der Waals surface area contributed by atoms with Gasteiger partial charge in [0.05, 0.1) is 55.5 Å². The predicted molar refractivity (Wildman–Crippen MR) is 191 cm³/mol. The summed E-state index contributed by atoms with van der Waals surface area (Å²) in [5.41, 5.74) is 3.25. The second-order valence-electron chi connectivity index (χ2n) is 17.1. The van der Waals surface area contributed by atoms with Gasteiger partial charge >= 0.3 is 0 Å². The van der Waals surface area contributed by atoms with Gasteiger partial charge in [-0.15, -0.1) is 0 Å². The minimum absolute atomic E-state index is 0.102. The van der Waals surface area contributed by atoms with Gasteiger partial charge in [0.15, 0.2) is 0 Å². The average Bonchev–Trinajstić information content (AvgIpc) is 3.31. The van der Waals surface area contributed by atoms with E-state index in [1.54, 1.807) is 14.2 Å². The molecular formula is C40H59ClN4O8. The summed E-state index contributed by atoms with van der Waals surface area (Å²) in [7, 11) is -1.17. The molecule has 13 heteroatoms. The van der Waals surface area contributed by atoms with Crippen LogP contribution in [0.15, 0.2) is 48.5 Å². The molecule has 2 aromatic rings. The van der Waals surface area contributed by atoms with E-state index in [9.17, 15) is 0 Å². The van der Waals surface area contributed by atoms with Crippen LogP contribution in [0.1, 0.15) is 51.7 Å². The van der Waals surface area contributed by atoms with E-state index in [0.29, 0.717) is 24.2 Å². The van der Waals surface area contributed by atoms with Crippen LogP contribution < -0.4 is 23.5 Å². The standard InChI is InChI=1S/C40H58N4O4.ClHO4/c1-37(2)33-23-36-40(28-42-17-21-48-22-18-42)38(3,4)34(44(36)26-30-9-13-32(46-6)14-10-30)24-35(39(37,40)27-41-15-19-47-20-16-41)43(33)25-29-7-11-31(45-5)12-8-29;2-1(3,4)5/h7-14,33-36H,15-28H2,1-6H3;(H,2,3,4,5)/t33-,34-,35+,36+,39-,40+;/m1./s1. The maximum absolute atomic E-state index is 8.60. The summed E-state index contributed by atoms with van der Waals surface area (Å²) in [6.07, 6.45) is 2.43. The number of morpholine rings is 2. The fourth-order valence-corrected chi connectivity index (χ4v) is 12.4. The number of hydrogen-bond acceptors (Lipinski definition) is 12. The van der Waals surface area contributed by atoms with Gasteiger partial charge in [0.1, 0.15) is 11.5 Å². The van der Waals surface area contributed by atoms with E-state index < -0.39 is 10.2 Å². The van der Waals surface area contributed by atoms with Crippen LogP contribution in [0.4, 0.5) is 0 Å². The van der Waals surface area contributed by atoms with E-state index in [1.807, 2.05) is 0 Å². The van der Waals surface area contributed by atoms with Crippen molar-refractivity contribution in [3.05, 3.63) is 59.7 Å². The summed E-state index contributed by atoms with van der Waals surface area (Å²) >= 11 is 0. The third-order valence-electron chi connectivity index (χ3n) is 14.6. The normalized spacial score (nSPS) is 33.8. The van der Waals surface area contributed by atoms with Gasteiger partial charge in [-0.1, -0.05) is 52.0 Å². The highest BCUT2D eigenvalue weighted by atomic mass is 35.7. The van der Waals surface area contributed by atoms with Crippen molar-refractivity contribution in [1.29, 1.82) is 0 Å². The number of benzene rings is 2. The zero-order valence-corrected chi connectivity index (χ0v) is 33.1. The number of fused-ring (bicyclic) bond motifs is 2. The lowest BCUT2D eigenvalue weighted by Crippen LogP contribution is -2.75. The van der Waals surface area contributed by atoms with Crippen molar-refractivity contribution >= 4 is 0 Å². The molecule has 2 saturated carbocycles. The van der Waals surface area contributed by atoms with Gasteiger partial charge in [-0.05, 0) is 59.1 Å². The Bertz CT molecular complexity index is 1430. The van der Waals surface area contributed by atoms with Gasteiger partial charge in [0.25, 0.3) is 0 Å². The van der Waals surface area contributed by atoms with Gasteiger partial charge < -0.3 is 18.9 Å². The topological polar surface area (TPSA) is 139 Å². The minimum Gasteiger partial charge on any atom is -0.497 e. The smallest absolute Gasteiger partial charge is 0.118 e. The van der Waals surface area contributed by atoms with Crippen molar-refractivity contribution in [2.45, 2.75) is 77.8 Å². The number of nitrogens with zero attached hydrogens (tertiary/aromatic N) is 4. The number of methoxy groups -OCH3 is 2. The van der Waals surface area contributed by atoms with Crippen molar-refractivity contribution in [2.24, 2.45) is 21.7 Å². The summed E-state index contributed by atoms with van der Waals surface area (Å²) in [6.45, 7) is 22.5. The lowest BCUT2D eigenvalue weighted by atomic mass is 9.35. The lowest BCUT2D eigenvalue weighted by molar-refractivity contribution is -1.92. The van der Waals surface area contributed by atoms with Crippen molar-refractivity contribution in [3.63, 3.8) is 0 Å². The number of halogens is 1. The Kier molecular flexibility index (Phi) is 10.9. The molecule has 1 N–H and O–H groups in total. The van der Waals surface area contributed by atoms with E-state index in [2.05, 4.69) is 95.8 Å². The zero-order chi connectivity index (χ0) is 37.8. The highest BCUT2D eigenvalue weighted by Crippen LogP contribution is 2.80. The van der Waals surface area contributed by atoms with Crippen molar-refractivity contribution in [2.75, 3.05) is 79.9 Å². The van der Waals surface area contributed by atoms with Crippen LogP contribution in [-0.2, 0) is 22.6 Å². The van der Waals surface area contributed by atoms with E-state index in [1.165, 1.54) is 24.0 Å². The Hall–Kier alpha value is -2.07. The third-order valence-corrected chi connectivity index (χ3v) is 14.6. The van der Waals surface area contributed by atoms with Gasteiger partial charge in [0, 0.05) is 87.4 Å². The Morgan fingerprint density at radius 2 is 0.943 bits per heavy atom. The summed E-state index contributed by atoms with van der Waals surface area (Å²) in [6, 6.07) is 19.8. The SMILES string of the molecule is COc1ccc(CN2[C@H]3C[C@H]4N(Cc5ccc(OC)cc5)[C@H]5C[C@@H]2C(C)(C)[C@@]3(CN2CCOCC2)[C@@]5(CN2CCOCC2)C4(C)C)cc1.[O-][Cl+3]([O-])([O-])O. The van der Waals surface area contributed by atoms with Gasteiger partial charge in [-0.3, -0.25) is 19.6 Å². The molecule has 2 aromatic carbocycles. The molecule has 4 aliphatic heterocycles. The first-order valence-electron chi connectivity index (χ1n) is 19.2. The van der Waals surface area contributed by atoms with E-state index >= 15 is 0 Å². The Labute approximate surface area is 317 Å². The molecule has 294 valence electrons. The van der Waals surface area contributed by atoms with Crippen molar-refractivity contribution < 1.29 is 47.8 Å². The van der Waals surface area contributed by atoms with Crippen LogP contribution >= 0.6 is 0 Å². The van der Waals surface area contributed by atoms with E-state index in [-0.39, 0.29) is 21.7 Å².